The molecule has 1 rings (SSSR count). The van der Waals surface area contributed by atoms with Gasteiger partial charge in [0.05, 0.1) is 18.2 Å². The van der Waals surface area contributed by atoms with Crippen LogP contribution < -0.4 is 0 Å². The van der Waals surface area contributed by atoms with Gasteiger partial charge in [0, 0.05) is 13.1 Å². The Bertz CT molecular complexity index is 222. The van der Waals surface area contributed by atoms with Crippen molar-refractivity contribution in [2.24, 2.45) is 5.92 Å². The molecule has 0 saturated carbocycles. The molecule has 1 atom stereocenters. The van der Waals surface area contributed by atoms with Crippen LogP contribution in [0, 0.1) is 5.92 Å². The second-order valence-electron chi connectivity index (χ2n) is 5.14. The van der Waals surface area contributed by atoms with Crippen LogP contribution in [0.15, 0.2) is 0 Å². The SMILES string of the molecule is CC(C)(C)OCN1CCCC(C(=O)O)C1. The lowest BCUT2D eigenvalue weighted by atomic mass is 9.99. The van der Waals surface area contributed by atoms with Crippen molar-refractivity contribution in [3.05, 3.63) is 0 Å². The lowest BCUT2D eigenvalue weighted by Crippen LogP contribution is -2.41. The van der Waals surface area contributed by atoms with Gasteiger partial charge in [-0.2, -0.15) is 0 Å². The van der Waals surface area contributed by atoms with E-state index in [0.29, 0.717) is 13.3 Å². The smallest absolute Gasteiger partial charge is 0.307 e. The normalized spacial score (nSPS) is 24.1. The van der Waals surface area contributed by atoms with Crippen molar-refractivity contribution in [1.82, 2.24) is 4.90 Å². The Balaban J connectivity index is 2.34. The molecule has 1 fully saturated rings. The summed E-state index contributed by atoms with van der Waals surface area (Å²) < 4.78 is 5.63. The molecule has 1 unspecified atom stereocenters. The molecule has 0 spiro atoms. The minimum absolute atomic E-state index is 0.157. The maximum atomic E-state index is 10.8. The van der Waals surface area contributed by atoms with Crippen LogP contribution in [0.1, 0.15) is 33.6 Å². The van der Waals surface area contributed by atoms with Gasteiger partial charge in [0.2, 0.25) is 0 Å². The van der Waals surface area contributed by atoms with Gasteiger partial charge in [-0.1, -0.05) is 0 Å². The highest BCUT2D eigenvalue weighted by Crippen LogP contribution is 2.17. The predicted molar refractivity (Wildman–Crippen MR) is 57.6 cm³/mol. The molecule has 0 radical (unpaired) electrons. The Hall–Kier alpha value is -0.610. The van der Waals surface area contributed by atoms with Crippen LogP contribution in [0.3, 0.4) is 0 Å². The van der Waals surface area contributed by atoms with Crippen molar-refractivity contribution in [2.75, 3.05) is 19.8 Å². The zero-order valence-corrected chi connectivity index (χ0v) is 9.82. The summed E-state index contributed by atoms with van der Waals surface area (Å²) in [6, 6.07) is 0. The molecule has 0 aromatic carbocycles. The van der Waals surface area contributed by atoms with Crippen LogP contribution in [0.4, 0.5) is 0 Å². The first-order valence-electron chi connectivity index (χ1n) is 5.47. The molecule has 1 aliphatic rings. The summed E-state index contributed by atoms with van der Waals surface area (Å²) in [5.74, 6) is -0.905. The number of carbonyl (C=O) groups is 1. The van der Waals surface area contributed by atoms with Gasteiger partial charge >= 0.3 is 5.97 Å². The average Bonchev–Trinajstić information content (AvgIpc) is 2.14. The number of rotatable bonds is 3. The molecule has 1 N–H and O–H groups in total. The topological polar surface area (TPSA) is 49.8 Å². The van der Waals surface area contributed by atoms with Crippen molar-refractivity contribution >= 4 is 5.97 Å². The zero-order chi connectivity index (χ0) is 11.5. The molecule has 1 aliphatic heterocycles. The van der Waals surface area contributed by atoms with Crippen LogP contribution in [0.5, 0.6) is 0 Å². The molecular formula is C11H21NO3. The number of carboxylic acid groups (broad SMARTS) is 1. The fourth-order valence-electron chi connectivity index (χ4n) is 1.66. The van der Waals surface area contributed by atoms with Gasteiger partial charge in [0.1, 0.15) is 0 Å². The van der Waals surface area contributed by atoms with E-state index in [1.54, 1.807) is 0 Å². The van der Waals surface area contributed by atoms with E-state index in [-0.39, 0.29) is 11.5 Å². The molecule has 0 aromatic heterocycles. The van der Waals surface area contributed by atoms with Crippen LogP contribution >= 0.6 is 0 Å². The van der Waals surface area contributed by atoms with Gasteiger partial charge in [-0.15, -0.1) is 0 Å². The lowest BCUT2D eigenvalue weighted by Gasteiger charge is -2.32. The zero-order valence-electron chi connectivity index (χ0n) is 9.82. The number of piperidine rings is 1. The second-order valence-corrected chi connectivity index (χ2v) is 5.14. The van der Waals surface area contributed by atoms with E-state index in [1.807, 2.05) is 20.8 Å². The van der Waals surface area contributed by atoms with E-state index in [0.717, 1.165) is 19.4 Å². The van der Waals surface area contributed by atoms with E-state index in [4.69, 9.17) is 9.84 Å². The summed E-state index contributed by atoms with van der Waals surface area (Å²) in [6.45, 7) is 8.11. The molecular weight excluding hydrogens is 194 g/mol. The van der Waals surface area contributed by atoms with Crippen molar-refractivity contribution in [1.29, 1.82) is 0 Å². The summed E-state index contributed by atoms with van der Waals surface area (Å²) in [4.78, 5) is 12.9. The molecule has 1 saturated heterocycles. The first kappa shape index (κ1) is 12.5. The third-order valence-corrected chi connectivity index (χ3v) is 2.53. The molecule has 88 valence electrons. The van der Waals surface area contributed by atoms with E-state index >= 15 is 0 Å². The highest BCUT2D eigenvalue weighted by molar-refractivity contribution is 5.70. The monoisotopic (exact) mass is 215 g/mol. The van der Waals surface area contributed by atoms with Crippen LogP contribution in [0.25, 0.3) is 0 Å². The van der Waals surface area contributed by atoms with E-state index < -0.39 is 5.97 Å². The van der Waals surface area contributed by atoms with Crippen LogP contribution in [-0.4, -0.2) is 41.4 Å². The Labute approximate surface area is 91.2 Å². The molecule has 4 heteroatoms. The van der Waals surface area contributed by atoms with Gasteiger partial charge in [0.25, 0.3) is 0 Å². The number of likely N-dealkylation sites (tertiary alicyclic amines) is 1. The summed E-state index contributed by atoms with van der Waals surface area (Å²) in [5.41, 5.74) is -0.157. The highest BCUT2D eigenvalue weighted by Gasteiger charge is 2.26. The molecule has 0 bridgehead atoms. The van der Waals surface area contributed by atoms with Crippen molar-refractivity contribution in [3.63, 3.8) is 0 Å². The lowest BCUT2D eigenvalue weighted by molar-refractivity contribution is -0.145. The molecule has 1 heterocycles. The van der Waals surface area contributed by atoms with Crippen molar-refractivity contribution in [3.8, 4) is 0 Å². The summed E-state index contributed by atoms with van der Waals surface area (Å²) in [5, 5.41) is 8.92. The quantitative estimate of drug-likeness (QED) is 0.776. The summed E-state index contributed by atoms with van der Waals surface area (Å²) in [7, 11) is 0. The average molecular weight is 215 g/mol. The maximum Gasteiger partial charge on any atom is 0.307 e. The minimum Gasteiger partial charge on any atom is -0.481 e. The van der Waals surface area contributed by atoms with Crippen molar-refractivity contribution in [2.45, 2.75) is 39.2 Å². The molecule has 15 heavy (non-hydrogen) atoms. The second kappa shape index (κ2) is 4.94. The van der Waals surface area contributed by atoms with E-state index in [1.165, 1.54) is 0 Å². The number of aliphatic carboxylic acids is 1. The Morgan fingerprint density at radius 2 is 2.20 bits per heavy atom. The fraction of sp³-hybridized carbons (Fsp3) is 0.909. The Kier molecular flexibility index (Phi) is 4.11. The fourth-order valence-corrected chi connectivity index (χ4v) is 1.66. The largest absolute Gasteiger partial charge is 0.481 e. The number of carboxylic acids is 1. The number of hydrogen-bond acceptors (Lipinski definition) is 3. The van der Waals surface area contributed by atoms with Crippen molar-refractivity contribution < 1.29 is 14.6 Å². The maximum absolute atomic E-state index is 10.8. The van der Waals surface area contributed by atoms with Gasteiger partial charge in [0.15, 0.2) is 0 Å². The Morgan fingerprint density at radius 3 is 2.73 bits per heavy atom. The van der Waals surface area contributed by atoms with Gasteiger partial charge < -0.3 is 9.84 Å². The third kappa shape index (κ3) is 4.62. The van der Waals surface area contributed by atoms with E-state index in [2.05, 4.69) is 4.90 Å². The van der Waals surface area contributed by atoms with Crippen LogP contribution in [0.2, 0.25) is 0 Å². The summed E-state index contributed by atoms with van der Waals surface area (Å²) >= 11 is 0. The molecule has 0 amide bonds. The van der Waals surface area contributed by atoms with Crippen LogP contribution in [-0.2, 0) is 9.53 Å². The standard InChI is InChI=1S/C11H21NO3/c1-11(2,3)15-8-12-6-4-5-9(7-12)10(13)14/h9H,4-8H2,1-3H3,(H,13,14). The molecule has 0 aromatic rings. The first-order chi connectivity index (χ1) is 6.88. The van der Waals surface area contributed by atoms with Gasteiger partial charge in [-0.05, 0) is 33.6 Å². The third-order valence-electron chi connectivity index (χ3n) is 2.53. The van der Waals surface area contributed by atoms with Gasteiger partial charge in [-0.3, -0.25) is 9.69 Å². The molecule has 0 aliphatic carbocycles. The Morgan fingerprint density at radius 1 is 1.53 bits per heavy atom. The minimum atomic E-state index is -0.685. The van der Waals surface area contributed by atoms with E-state index in [9.17, 15) is 4.79 Å². The highest BCUT2D eigenvalue weighted by atomic mass is 16.5. The molecule has 4 nitrogen and oxygen atoms in total. The summed E-state index contributed by atoms with van der Waals surface area (Å²) in [6.07, 6.45) is 1.74. The van der Waals surface area contributed by atoms with Gasteiger partial charge in [-0.25, -0.2) is 0 Å². The first-order valence-corrected chi connectivity index (χ1v) is 5.47. The number of hydrogen-bond donors (Lipinski definition) is 1. The number of nitrogens with zero attached hydrogens (tertiary/aromatic N) is 1. The number of ether oxygens (including phenoxy) is 1. The predicted octanol–water partition coefficient (Wildman–Crippen LogP) is 1.56.